The summed E-state index contributed by atoms with van der Waals surface area (Å²) in [6.07, 6.45) is 1.45. The van der Waals surface area contributed by atoms with Crippen LogP contribution in [0.25, 0.3) is 0 Å². The zero-order valence-electron chi connectivity index (χ0n) is 8.24. The third-order valence-corrected chi connectivity index (χ3v) is 2.84. The number of hydrogen-bond acceptors (Lipinski definition) is 2. The van der Waals surface area contributed by atoms with Crippen molar-refractivity contribution in [3.63, 3.8) is 0 Å². The van der Waals surface area contributed by atoms with Crippen molar-refractivity contribution in [2.75, 3.05) is 0 Å². The lowest BCUT2D eigenvalue weighted by Crippen LogP contribution is -2.04. The normalized spacial score (nSPS) is 10.4. The largest absolute Gasteiger partial charge is 0.457 e. The van der Waals surface area contributed by atoms with Crippen molar-refractivity contribution >= 4 is 21.7 Å². The van der Waals surface area contributed by atoms with E-state index < -0.39 is 0 Å². The van der Waals surface area contributed by atoms with Gasteiger partial charge in [-0.1, -0.05) is 18.2 Å². The second-order valence-corrected chi connectivity index (χ2v) is 4.02. The second kappa shape index (κ2) is 4.61. The summed E-state index contributed by atoms with van der Waals surface area (Å²) >= 11 is 3.12. The Morgan fingerprint density at radius 3 is 2.69 bits per heavy atom. The number of furan rings is 1. The van der Waals surface area contributed by atoms with Crippen LogP contribution in [0.3, 0.4) is 0 Å². The summed E-state index contributed by atoms with van der Waals surface area (Å²) < 4.78 is 18.6. The van der Waals surface area contributed by atoms with Gasteiger partial charge < -0.3 is 4.42 Å². The van der Waals surface area contributed by atoms with E-state index in [1.54, 1.807) is 24.3 Å². The molecule has 1 heterocycles. The third-order valence-electron chi connectivity index (χ3n) is 2.23. The summed E-state index contributed by atoms with van der Waals surface area (Å²) in [5, 5.41) is 0. The fourth-order valence-electron chi connectivity index (χ4n) is 1.40. The number of carbonyl (C=O) groups excluding carboxylic acids is 1. The van der Waals surface area contributed by atoms with Crippen LogP contribution in [-0.2, 0) is 6.42 Å². The Bertz CT molecular complexity index is 519. The highest BCUT2D eigenvalue weighted by atomic mass is 79.9. The summed E-state index contributed by atoms with van der Waals surface area (Å²) in [5.41, 5.74) is 0.823. The predicted octanol–water partition coefficient (Wildman–Crippen LogP) is 3.61. The highest BCUT2D eigenvalue weighted by molar-refractivity contribution is 9.10. The van der Waals surface area contributed by atoms with E-state index in [0.29, 0.717) is 15.8 Å². The molecule has 0 fully saturated rings. The van der Waals surface area contributed by atoms with Crippen LogP contribution in [0.2, 0.25) is 0 Å². The van der Waals surface area contributed by atoms with Crippen LogP contribution >= 0.6 is 15.9 Å². The molecule has 0 radical (unpaired) electrons. The lowest BCUT2D eigenvalue weighted by Gasteiger charge is -2.01. The second-order valence-electron chi connectivity index (χ2n) is 3.30. The van der Waals surface area contributed by atoms with Crippen molar-refractivity contribution in [3.05, 3.63) is 58.2 Å². The van der Waals surface area contributed by atoms with Crippen molar-refractivity contribution < 1.29 is 13.6 Å². The first kappa shape index (κ1) is 11.1. The van der Waals surface area contributed by atoms with E-state index in [2.05, 4.69) is 15.9 Å². The van der Waals surface area contributed by atoms with Crippen molar-refractivity contribution in [2.24, 2.45) is 0 Å². The van der Waals surface area contributed by atoms with E-state index in [1.165, 1.54) is 12.3 Å². The topological polar surface area (TPSA) is 30.2 Å². The molecule has 0 saturated heterocycles. The Morgan fingerprint density at radius 1 is 1.31 bits per heavy atom. The molecule has 0 aliphatic heterocycles. The van der Waals surface area contributed by atoms with Gasteiger partial charge in [0.05, 0.1) is 11.8 Å². The molecule has 82 valence electrons. The number of benzene rings is 1. The zero-order valence-corrected chi connectivity index (χ0v) is 9.83. The molecule has 0 unspecified atom stereocenters. The van der Waals surface area contributed by atoms with Crippen LogP contribution < -0.4 is 0 Å². The van der Waals surface area contributed by atoms with Gasteiger partial charge in [0.25, 0.3) is 0 Å². The van der Waals surface area contributed by atoms with Crippen LogP contribution in [-0.4, -0.2) is 5.78 Å². The summed E-state index contributed by atoms with van der Waals surface area (Å²) in [6, 6.07) is 7.80. The van der Waals surface area contributed by atoms with Crippen LogP contribution in [0.1, 0.15) is 15.9 Å². The van der Waals surface area contributed by atoms with Crippen molar-refractivity contribution in [1.82, 2.24) is 0 Å². The lowest BCUT2D eigenvalue weighted by atomic mass is 10.1. The van der Waals surface area contributed by atoms with Crippen LogP contribution in [0.5, 0.6) is 0 Å². The molecule has 2 nitrogen and oxygen atoms in total. The minimum absolute atomic E-state index is 0.0325. The van der Waals surface area contributed by atoms with Crippen molar-refractivity contribution in [1.29, 1.82) is 0 Å². The van der Waals surface area contributed by atoms with Gasteiger partial charge in [-0.2, -0.15) is 0 Å². The lowest BCUT2D eigenvalue weighted by molar-refractivity contribution is 0.0990. The van der Waals surface area contributed by atoms with E-state index >= 15 is 0 Å². The number of carbonyl (C=O) groups is 1. The molecule has 4 heteroatoms. The molecule has 0 atom stereocenters. The average Bonchev–Trinajstić information content (AvgIpc) is 2.68. The molecule has 0 aliphatic rings. The summed E-state index contributed by atoms with van der Waals surface area (Å²) in [6.45, 7) is 0. The predicted molar refractivity (Wildman–Crippen MR) is 60.8 cm³/mol. The SMILES string of the molecule is O=C(Cc1ccccc1F)c1ccoc1Br. The highest BCUT2D eigenvalue weighted by Crippen LogP contribution is 2.20. The first-order valence-corrected chi connectivity index (χ1v) is 5.47. The Kier molecular flexibility index (Phi) is 3.19. The molecule has 16 heavy (non-hydrogen) atoms. The van der Waals surface area contributed by atoms with E-state index in [0.717, 1.165) is 0 Å². The molecule has 0 bridgehead atoms. The van der Waals surface area contributed by atoms with E-state index in [-0.39, 0.29) is 18.0 Å². The molecule has 2 aromatic rings. The molecular weight excluding hydrogens is 275 g/mol. The monoisotopic (exact) mass is 282 g/mol. The zero-order chi connectivity index (χ0) is 11.5. The molecule has 0 amide bonds. The van der Waals surface area contributed by atoms with Gasteiger partial charge in [0.2, 0.25) is 0 Å². The van der Waals surface area contributed by atoms with Gasteiger partial charge in [0, 0.05) is 6.42 Å². The van der Waals surface area contributed by atoms with Gasteiger partial charge >= 0.3 is 0 Å². The highest BCUT2D eigenvalue weighted by Gasteiger charge is 2.14. The number of Topliss-reactive ketones (excluding diaryl/α,β-unsaturated/α-hetero) is 1. The van der Waals surface area contributed by atoms with E-state index in [4.69, 9.17) is 4.42 Å². The van der Waals surface area contributed by atoms with Crippen LogP contribution in [0, 0.1) is 5.82 Å². The molecule has 0 spiro atoms. The van der Waals surface area contributed by atoms with Gasteiger partial charge in [0.1, 0.15) is 5.82 Å². The minimum Gasteiger partial charge on any atom is -0.457 e. The van der Waals surface area contributed by atoms with Crippen molar-refractivity contribution in [3.8, 4) is 0 Å². The van der Waals surface area contributed by atoms with Gasteiger partial charge in [-0.05, 0) is 33.6 Å². The first-order valence-electron chi connectivity index (χ1n) is 4.68. The number of hydrogen-bond donors (Lipinski definition) is 0. The fourth-order valence-corrected chi connectivity index (χ4v) is 1.86. The Morgan fingerprint density at radius 2 is 2.06 bits per heavy atom. The standard InChI is InChI=1S/C12H8BrFO2/c13-12-9(5-6-16-12)11(15)7-8-3-1-2-4-10(8)14/h1-6H,7H2. The van der Waals surface area contributed by atoms with Gasteiger partial charge in [-0.3, -0.25) is 4.79 Å². The maximum Gasteiger partial charge on any atom is 0.179 e. The third kappa shape index (κ3) is 2.22. The van der Waals surface area contributed by atoms with E-state index in [1.807, 2.05) is 0 Å². The Balaban J connectivity index is 2.21. The smallest absolute Gasteiger partial charge is 0.179 e. The van der Waals surface area contributed by atoms with Gasteiger partial charge in [0.15, 0.2) is 10.5 Å². The van der Waals surface area contributed by atoms with Crippen LogP contribution in [0.15, 0.2) is 45.7 Å². The number of rotatable bonds is 3. The maximum absolute atomic E-state index is 13.3. The van der Waals surface area contributed by atoms with E-state index in [9.17, 15) is 9.18 Å². The fraction of sp³-hybridized carbons (Fsp3) is 0.0833. The molecule has 0 N–H and O–H groups in total. The number of halogens is 2. The summed E-state index contributed by atoms with van der Waals surface area (Å²) in [5.74, 6) is -0.541. The van der Waals surface area contributed by atoms with Gasteiger partial charge in [-0.25, -0.2) is 4.39 Å². The quantitative estimate of drug-likeness (QED) is 0.805. The van der Waals surface area contributed by atoms with Gasteiger partial charge in [-0.15, -0.1) is 0 Å². The van der Waals surface area contributed by atoms with Crippen molar-refractivity contribution in [2.45, 2.75) is 6.42 Å². The van der Waals surface area contributed by atoms with Crippen LogP contribution in [0.4, 0.5) is 4.39 Å². The average molecular weight is 283 g/mol. The molecule has 0 aliphatic carbocycles. The molecule has 2 rings (SSSR count). The summed E-state index contributed by atoms with van der Waals surface area (Å²) in [7, 11) is 0. The minimum atomic E-state index is -0.365. The summed E-state index contributed by atoms with van der Waals surface area (Å²) in [4.78, 5) is 11.8. The molecule has 1 aromatic carbocycles. The first-order chi connectivity index (χ1) is 7.68. The maximum atomic E-state index is 13.3. The molecule has 1 aromatic heterocycles. The number of ketones is 1. The Labute approximate surface area is 100 Å². The Hall–Kier alpha value is -1.42. The molecule has 0 saturated carbocycles. The molecular formula is C12H8BrFO2.